The van der Waals surface area contributed by atoms with Gasteiger partial charge < -0.3 is 13.9 Å². The molecule has 3 unspecified atom stereocenters. The van der Waals surface area contributed by atoms with Crippen molar-refractivity contribution in [3.63, 3.8) is 0 Å². The van der Waals surface area contributed by atoms with Gasteiger partial charge in [-0.05, 0) is 36.8 Å². The Bertz CT molecular complexity index is 584. The van der Waals surface area contributed by atoms with E-state index in [0.717, 1.165) is 31.1 Å². The lowest BCUT2D eigenvalue weighted by molar-refractivity contribution is -0.112. The van der Waals surface area contributed by atoms with Crippen LogP contribution >= 0.6 is 0 Å². The average Bonchev–Trinajstić information content (AvgIpc) is 2.44. The lowest BCUT2D eigenvalue weighted by atomic mass is 9.77. The quantitative estimate of drug-likeness (QED) is 0.766. The Balaban J connectivity index is 1.89. The molecule has 1 aliphatic heterocycles. The number of carbonyl (C=O) groups excluding carboxylic acids is 1. The van der Waals surface area contributed by atoms with Gasteiger partial charge in [0.2, 0.25) is 0 Å². The summed E-state index contributed by atoms with van der Waals surface area (Å²) < 4.78 is 10.8. The van der Waals surface area contributed by atoms with Crippen molar-refractivity contribution in [3.05, 3.63) is 33.9 Å². The number of hydrogen-bond acceptors (Lipinski definition) is 4. The number of fused-ring (bicyclic) bond motifs is 2. The predicted octanol–water partition coefficient (Wildman–Crippen LogP) is 2.42. The number of aldehydes is 1. The lowest BCUT2D eigenvalue weighted by Crippen LogP contribution is -2.33. The average molecular weight is 260 g/mol. The molecule has 0 spiro atoms. The molecular formula is C15H16O4. The van der Waals surface area contributed by atoms with Crippen molar-refractivity contribution in [3.8, 4) is 5.75 Å². The molecule has 4 nitrogen and oxygen atoms in total. The van der Waals surface area contributed by atoms with Gasteiger partial charge in [-0.1, -0.05) is 6.92 Å². The van der Waals surface area contributed by atoms with E-state index >= 15 is 0 Å². The van der Waals surface area contributed by atoms with Gasteiger partial charge in [0.05, 0.1) is 6.26 Å². The highest BCUT2D eigenvalue weighted by Gasteiger charge is 2.33. The summed E-state index contributed by atoms with van der Waals surface area (Å²) in [6.07, 6.45) is 6.96. The van der Waals surface area contributed by atoms with Gasteiger partial charge in [0.1, 0.15) is 23.7 Å². The molecule has 3 rings (SSSR count). The molecule has 1 aliphatic carbocycles. The zero-order chi connectivity index (χ0) is 13.4. The molecule has 100 valence electrons. The molecule has 2 heterocycles. The Morgan fingerprint density at radius 2 is 2.32 bits per heavy atom. The summed E-state index contributed by atoms with van der Waals surface area (Å²) in [7, 11) is 0. The maximum Gasteiger partial charge on any atom is 0.346 e. The van der Waals surface area contributed by atoms with Crippen LogP contribution in [0.25, 0.3) is 6.08 Å². The minimum Gasteiger partial charge on any atom is -0.485 e. The highest BCUT2D eigenvalue weighted by Crippen LogP contribution is 2.39. The Kier molecular flexibility index (Phi) is 3.01. The molecule has 0 N–H and O–H groups in total. The second kappa shape index (κ2) is 4.68. The fourth-order valence-electron chi connectivity index (χ4n) is 2.92. The van der Waals surface area contributed by atoms with Crippen LogP contribution < -0.4 is 10.4 Å². The number of rotatable bonds is 2. The topological polar surface area (TPSA) is 56.5 Å². The van der Waals surface area contributed by atoms with Crippen LogP contribution in [-0.2, 0) is 4.79 Å². The third-order valence-corrected chi connectivity index (χ3v) is 4.17. The van der Waals surface area contributed by atoms with E-state index in [1.54, 1.807) is 6.07 Å². The van der Waals surface area contributed by atoms with Crippen LogP contribution in [0.5, 0.6) is 5.75 Å². The summed E-state index contributed by atoms with van der Waals surface area (Å²) in [5, 5.41) is 0. The van der Waals surface area contributed by atoms with Crippen molar-refractivity contribution in [2.45, 2.75) is 32.3 Å². The monoisotopic (exact) mass is 260 g/mol. The molecule has 3 atom stereocenters. The highest BCUT2D eigenvalue weighted by molar-refractivity contribution is 5.62. The first kappa shape index (κ1) is 12.2. The zero-order valence-electron chi connectivity index (χ0n) is 10.8. The first-order valence-corrected chi connectivity index (χ1v) is 6.63. The second-order valence-electron chi connectivity index (χ2n) is 5.34. The van der Waals surface area contributed by atoms with Crippen LogP contribution in [0.4, 0.5) is 0 Å². The van der Waals surface area contributed by atoms with Gasteiger partial charge in [-0.2, -0.15) is 0 Å². The van der Waals surface area contributed by atoms with Crippen molar-refractivity contribution in [1.29, 1.82) is 0 Å². The lowest BCUT2D eigenvalue weighted by Gasteiger charge is -2.35. The summed E-state index contributed by atoms with van der Waals surface area (Å²) in [5.41, 5.74) is 1.29. The third-order valence-electron chi connectivity index (χ3n) is 4.17. The SMILES string of the molecule is CC(C=O)C1CCC2=Cc3c(ccoc3=O)OC2C1. The van der Waals surface area contributed by atoms with Gasteiger partial charge in [-0.15, -0.1) is 0 Å². The molecule has 1 aromatic heterocycles. The van der Waals surface area contributed by atoms with Crippen LogP contribution in [0.2, 0.25) is 0 Å². The van der Waals surface area contributed by atoms with E-state index in [4.69, 9.17) is 9.15 Å². The minimum absolute atomic E-state index is 0.00421. The molecule has 0 saturated heterocycles. The van der Waals surface area contributed by atoms with Crippen LogP contribution in [-0.4, -0.2) is 12.4 Å². The molecule has 4 heteroatoms. The van der Waals surface area contributed by atoms with Crippen LogP contribution in [0, 0.1) is 11.8 Å². The van der Waals surface area contributed by atoms with E-state index in [-0.39, 0.29) is 17.6 Å². The molecule has 19 heavy (non-hydrogen) atoms. The van der Waals surface area contributed by atoms with Gasteiger partial charge in [0.15, 0.2) is 0 Å². The summed E-state index contributed by atoms with van der Waals surface area (Å²) >= 11 is 0. The number of hydrogen-bond donors (Lipinski definition) is 0. The standard InChI is InChI=1S/C15H16O4/c1-9(8-16)10-2-3-11-6-12-13(19-14(11)7-10)4-5-18-15(12)17/h4-6,8-10,14H,2-3,7H2,1H3. The van der Waals surface area contributed by atoms with E-state index < -0.39 is 0 Å². The van der Waals surface area contributed by atoms with Gasteiger partial charge in [0.25, 0.3) is 0 Å². The first-order chi connectivity index (χ1) is 9.19. The zero-order valence-corrected chi connectivity index (χ0v) is 10.8. The van der Waals surface area contributed by atoms with E-state index in [1.807, 2.05) is 13.0 Å². The Hall–Kier alpha value is -1.84. The summed E-state index contributed by atoms with van der Waals surface area (Å²) in [6, 6.07) is 1.68. The fraction of sp³-hybridized carbons (Fsp3) is 0.467. The van der Waals surface area contributed by atoms with Gasteiger partial charge in [-0.3, -0.25) is 0 Å². The van der Waals surface area contributed by atoms with Gasteiger partial charge in [0, 0.05) is 12.0 Å². The van der Waals surface area contributed by atoms with Crippen molar-refractivity contribution < 1.29 is 13.9 Å². The van der Waals surface area contributed by atoms with Crippen molar-refractivity contribution >= 4 is 12.4 Å². The summed E-state index contributed by atoms with van der Waals surface area (Å²) in [4.78, 5) is 22.5. The molecule has 1 aromatic rings. The van der Waals surface area contributed by atoms with Crippen molar-refractivity contribution in [2.75, 3.05) is 0 Å². The van der Waals surface area contributed by atoms with Crippen molar-refractivity contribution in [2.24, 2.45) is 11.8 Å². The second-order valence-corrected chi connectivity index (χ2v) is 5.34. The molecule has 2 aliphatic rings. The van der Waals surface area contributed by atoms with Crippen LogP contribution in [0.15, 0.2) is 27.1 Å². The maximum absolute atomic E-state index is 11.6. The smallest absolute Gasteiger partial charge is 0.346 e. The number of ether oxygens (including phenoxy) is 1. The van der Waals surface area contributed by atoms with Crippen molar-refractivity contribution in [1.82, 2.24) is 0 Å². The third kappa shape index (κ3) is 2.11. The van der Waals surface area contributed by atoms with Crippen LogP contribution in [0.1, 0.15) is 31.7 Å². The molecule has 1 saturated carbocycles. The molecule has 0 aromatic carbocycles. The Morgan fingerprint density at radius 1 is 1.47 bits per heavy atom. The Labute approximate surface area is 111 Å². The van der Waals surface area contributed by atoms with Gasteiger partial charge >= 0.3 is 5.63 Å². The molecular weight excluding hydrogens is 244 g/mol. The predicted molar refractivity (Wildman–Crippen MR) is 69.9 cm³/mol. The largest absolute Gasteiger partial charge is 0.485 e. The first-order valence-electron chi connectivity index (χ1n) is 6.63. The number of carbonyl (C=O) groups is 1. The normalized spacial score (nSPS) is 26.5. The molecule has 0 amide bonds. The fourth-order valence-corrected chi connectivity index (χ4v) is 2.92. The van der Waals surface area contributed by atoms with Crippen LogP contribution in [0.3, 0.4) is 0 Å². The molecule has 0 radical (unpaired) electrons. The van der Waals surface area contributed by atoms with E-state index in [0.29, 0.717) is 17.2 Å². The summed E-state index contributed by atoms with van der Waals surface area (Å²) in [6.45, 7) is 1.96. The molecule has 1 fully saturated rings. The maximum atomic E-state index is 11.6. The van der Waals surface area contributed by atoms with Gasteiger partial charge in [-0.25, -0.2) is 4.79 Å². The van der Waals surface area contributed by atoms with E-state index in [9.17, 15) is 9.59 Å². The summed E-state index contributed by atoms with van der Waals surface area (Å²) in [5.74, 6) is 1.01. The van der Waals surface area contributed by atoms with E-state index in [1.165, 1.54) is 6.26 Å². The van der Waals surface area contributed by atoms with E-state index in [2.05, 4.69) is 0 Å². The highest BCUT2D eigenvalue weighted by atomic mass is 16.5. The molecule has 0 bridgehead atoms. The Morgan fingerprint density at radius 3 is 3.11 bits per heavy atom. The minimum atomic E-state index is -0.355.